The summed E-state index contributed by atoms with van der Waals surface area (Å²) in [5.74, 6) is 2.25. The molecule has 0 spiro atoms. The van der Waals surface area contributed by atoms with Crippen LogP contribution in [0.25, 0.3) is 10.1 Å². The van der Waals surface area contributed by atoms with Crippen molar-refractivity contribution in [3.8, 4) is 0 Å². The van der Waals surface area contributed by atoms with Gasteiger partial charge in [-0.25, -0.2) is 0 Å². The van der Waals surface area contributed by atoms with Crippen LogP contribution in [0.15, 0.2) is 24.3 Å². The van der Waals surface area contributed by atoms with Crippen LogP contribution in [0.2, 0.25) is 0 Å². The molecule has 3 heterocycles. The first kappa shape index (κ1) is 21.2. The predicted molar refractivity (Wildman–Crippen MR) is 129 cm³/mol. The molecule has 2 saturated heterocycles. The van der Waals surface area contributed by atoms with Gasteiger partial charge in [0.05, 0.1) is 10.1 Å². The van der Waals surface area contributed by atoms with E-state index in [-0.39, 0.29) is 10.8 Å². The molecule has 3 aliphatic rings. The maximum absolute atomic E-state index is 13.2. The molecule has 3 fully saturated rings. The van der Waals surface area contributed by atoms with E-state index >= 15 is 0 Å². The molecule has 5 nitrogen and oxygen atoms in total. The lowest BCUT2D eigenvalue weighted by molar-refractivity contribution is -0.155. The van der Waals surface area contributed by atoms with Crippen LogP contribution in [0.1, 0.15) is 46.5 Å². The van der Waals surface area contributed by atoms with Gasteiger partial charge in [-0.15, -0.1) is 0 Å². The Morgan fingerprint density at radius 1 is 1.06 bits per heavy atom. The van der Waals surface area contributed by atoms with Gasteiger partial charge in [-0.3, -0.25) is 9.69 Å². The minimum absolute atomic E-state index is 0.147. The first-order chi connectivity index (χ1) is 14.9. The number of piperazine rings is 1. The van der Waals surface area contributed by atoms with Gasteiger partial charge in [0.15, 0.2) is 0 Å². The molecule has 0 N–H and O–H groups in total. The van der Waals surface area contributed by atoms with Gasteiger partial charge in [0.25, 0.3) is 0 Å². The van der Waals surface area contributed by atoms with E-state index in [0.29, 0.717) is 11.8 Å². The van der Waals surface area contributed by atoms with Gasteiger partial charge in [0.2, 0.25) is 5.91 Å². The van der Waals surface area contributed by atoms with Gasteiger partial charge in [-0.2, -0.15) is 4.37 Å². The highest BCUT2D eigenvalue weighted by molar-refractivity contribution is 7.13. The number of amides is 1. The van der Waals surface area contributed by atoms with Crippen molar-refractivity contribution >= 4 is 33.3 Å². The molecular formula is C25H36N4OS. The molecule has 168 valence electrons. The number of aromatic nitrogens is 1. The quantitative estimate of drug-likeness (QED) is 0.621. The fourth-order valence-electron chi connectivity index (χ4n) is 6.11. The van der Waals surface area contributed by atoms with Crippen LogP contribution in [0.5, 0.6) is 0 Å². The van der Waals surface area contributed by atoms with E-state index in [1.165, 1.54) is 22.9 Å². The van der Waals surface area contributed by atoms with Crippen molar-refractivity contribution in [3.05, 3.63) is 24.3 Å². The number of benzene rings is 1. The number of likely N-dealkylation sites (tertiary alicyclic amines) is 1. The Bertz CT molecular complexity index is 948. The summed E-state index contributed by atoms with van der Waals surface area (Å²) in [5, 5.41) is 1.29. The van der Waals surface area contributed by atoms with Crippen molar-refractivity contribution in [2.75, 3.05) is 50.7 Å². The number of hydrogen-bond donors (Lipinski definition) is 0. The van der Waals surface area contributed by atoms with Crippen LogP contribution in [0, 0.1) is 16.7 Å². The average molecular weight is 441 g/mol. The normalized spacial score (nSPS) is 28.6. The maximum Gasteiger partial charge on any atom is 0.229 e. The van der Waals surface area contributed by atoms with Crippen molar-refractivity contribution in [1.82, 2.24) is 14.2 Å². The highest BCUT2D eigenvalue weighted by atomic mass is 32.1. The first-order valence-corrected chi connectivity index (χ1v) is 12.8. The Morgan fingerprint density at radius 2 is 1.81 bits per heavy atom. The van der Waals surface area contributed by atoms with Gasteiger partial charge >= 0.3 is 0 Å². The fraction of sp³-hybridized carbons (Fsp3) is 0.680. The van der Waals surface area contributed by atoms with Gasteiger partial charge in [0.1, 0.15) is 5.82 Å². The molecular weight excluding hydrogens is 404 g/mol. The molecule has 1 aromatic heterocycles. The number of piperidine rings is 1. The molecule has 1 amide bonds. The zero-order valence-corrected chi connectivity index (χ0v) is 20.1. The van der Waals surface area contributed by atoms with Crippen LogP contribution < -0.4 is 4.90 Å². The van der Waals surface area contributed by atoms with Crippen LogP contribution in [0.4, 0.5) is 5.82 Å². The van der Waals surface area contributed by atoms with E-state index in [0.717, 1.165) is 64.5 Å². The Hall–Kier alpha value is -1.66. The van der Waals surface area contributed by atoms with Crippen LogP contribution in [0.3, 0.4) is 0 Å². The number of carbonyl (C=O) groups is 1. The van der Waals surface area contributed by atoms with Crippen molar-refractivity contribution in [3.63, 3.8) is 0 Å². The monoisotopic (exact) mass is 440 g/mol. The second kappa shape index (κ2) is 8.04. The Kier molecular flexibility index (Phi) is 5.50. The molecule has 1 aromatic carbocycles. The first-order valence-electron chi connectivity index (χ1n) is 12.0. The topological polar surface area (TPSA) is 39.7 Å². The lowest BCUT2D eigenvalue weighted by Crippen LogP contribution is -2.56. The Morgan fingerprint density at radius 3 is 2.61 bits per heavy atom. The van der Waals surface area contributed by atoms with Crippen LogP contribution in [-0.2, 0) is 4.79 Å². The summed E-state index contributed by atoms with van der Waals surface area (Å²) in [6.07, 6.45) is 4.57. The molecule has 31 heavy (non-hydrogen) atoms. The van der Waals surface area contributed by atoms with Crippen molar-refractivity contribution < 1.29 is 4.79 Å². The lowest BCUT2D eigenvalue weighted by Gasteiger charge is -2.49. The zero-order valence-electron chi connectivity index (χ0n) is 19.3. The van der Waals surface area contributed by atoms with E-state index in [1.54, 1.807) is 11.5 Å². The molecule has 2 aliphatic heterocycles. The molecule has 2 bridgehead atoms. The second-order valence-electron chi connectivity index (χ2n) is 10.6. The van der Waals surface area contributed by atoms with Crippen LogP contribution in [-0.4, -0.2) is 65.9 Å². The van der Waals surface area contributed by atoms with E-state index < -0.39 is 0 Å². The average Bonchev–Trinajstić information content (AvgIpc) is 3.25. The van der Waals surface area contributed by atoms with Gasteiger partial charge in [-0.1, -0.05) is 32.9 Å². The molecule has 1 unspecified atom stereocenters. The molecule has 0 radical (unpaired) electrons. The number of nitrogens with zero attached hydrogens (tertiary/aromatic N) is 4. The number of hydrogen-bond acceptors (Lipinski definition) is 5. The summed E-state index contributed by atoms with van der Waals surface area (Å²) < 4.78 is 6.00. The van der Waals surface area contributed by atoms with E-state index in [9.17, 15) is 4.79 Å². The second-order valence-corrected chi connectivity index (χ2v) is 11.4. The number of rotatable bonds is 6. The zero-order chi connectivity index (χ0) is 21.6. The molecule has 2 aromatic rings. The van der Waals surface area contributed by atoms with Crippen molar-refractivity contribution in [1.29, 1.82) is 0 Å². The Labute approximate surface area is 190 Å². The number of carbonyl (C=O) groups excluding carboxylic acids is 1. The van der Waals surface area contributed by atoms with Gasteiger partial charge in [-0.05, 0) is 67.2 Å². The number of unbranched alkanes of at least 4 members (excludes halogenated alkanes) is 1. The molecule has 5 rings (SSSR count). The standard InChI is InChI=1S/C25H36N4OS/c1-24(2)19-10-11-25(24,3)23(30)29(18-19)13-7-6-12-27-14-16-28(17-15-27)22-20-8-4-5-9-21(20)31-26-22/h4-5,8-9,19H,6-7,10-18H2,1-3H3/t19?,25-/m0/s1. The smallest absolute Gasteiger partial charge is 0.229 e. The summed E-state index contributed by atoms with van der Waals surface area (Å²) >= 11 is 1.61. The van der Waals surface area contributed by atoms with Gasteiger partial charge in [0, 0.05) is 44.7 Å². The highest BCUT2D eigenvalue weighted by Crippen LogP contribution is 2.59. The predicted octanol–water partition coefficient (Wildman–Crippen LogP) is 4.48. The highest BCUT2D eigenvalue weighted by Gasteiger charge is 2.60. The number of anilines is 1. The molecule has 1 saturated carbocycles. The molecule has 1 aliphatic carbocycles. The van der Waals surface area contributed by atoms with E-state index in [2.05, 4.69) is 59.7 Å². The third kappa shape index (κ3) is 3.56. The number of fused-ring (bicyclic) bond motifs is 3. The van der Waals surface area contributed by atoms with E-state index in [4.69, 9.17) is 4.37 Å². The van der Waals surface area contributed by atoms with Crippen molar-refractivity contribution in [2.24, 2.45) is 16.7 Å². The SMILES string of the molecule is CC1(C)C2CC[C@@]1(C)C(=O)N(CCCCN1CCN(c3nsc4ccccc34)CC1)C2. The van der Waals surface area contributed by atoms with Gasteiger partial charge < -0.3 is 9.80 Å². The minimum atomic E-state index is -0.147. The largest absolute Gasteiger partial charge is 0.353 e. The fourth-order valence-corrected chi connectivity index (χ4v) is 6.91. The molecule has 6 heteroatoms. The third-order valence-corrected chi connectivity index (χ3v) is 9.64. The lowest BCUT2D eigenvalue weighted by atomic mass is 9.62. The summed E-state index contributed by atoms with van der Waals surface area (Å²) in [4.78, 5) is 20.4. The van der Waals surface area contributed by atoms with E-state index in [1.807, 2.05) is 0 Å². The summed E-state index contributed by atoms with van der Waals surface area (Å²) in [5.41, 5.74) is 0.00893. The van der Waals surface area contributed by atoms with Crippen molar-refractivity contribution in [2.45, 2.75) is 46.5 Å². The molecule has 2 atom stereocenters. The third-order valence-electron chi connectivity index (χ3n) is 8.82. The minimum Gasteiger partial charge on any atom is -0.353 e. The maximum atomic E-state index is 13.2. The summed E-state index contributed by atoms with van der Waals surface area (Å²) in [6, 6.07) is 8.55. The Balaban J connectivity index is 1.07. The van der Waals surface area contributed by atoms with Crippen LogP contribution >= 0.6 is 11.5 Å². The summed E-state index contributed by atoms with van der Waals surface area (Å²) in [6.45, 7) is 14.2. The summed E-state index contributed by atoms with van der Waals surface area (Å²) in [7, 11) is 0.